The summed E-state index contributed by atoms with van der Waals surface area (Å²) in [6, 6.07) is 5.98. The van der Waals surface area contributed by atoms with E-state index in [4.69, 9.17) is 5.73 Å². The highest BCUT2D eigenvalue weighted by Crippen LogP contribution is 2.33. The van der Waals surface area contributed by atoms with E-state index in [-0.39, 0.29) is 18.3 Å². The maximum atomic E-state index is 11.7. The number of halogens is 1. The number of hydrogen-bond acceptors (Lipinski definition) is 2. The molecule has 1 aliphatic rings. The van der Waals surface area contributed by atoms with Gasteiger partial charge in [0, 0.05) is 5.69 Å². The number of carbonyl (C=O) groups is 1. The van der Waals surface area contributed by atoms with Crippen molar-refractivity contribution in [3.05, 3.63) is 29.3 Å². The van der Waals surface area contributed by atoms with Crippen LogP contribution in [-0.4, -0.2) is 11.4 Å². The summed E-state index contributed by atoms with van der Waals surface area (Å²) in [5.74, 6) is -0.0625. The molecule has 0 spiro atoms. The fourth-order valence-corrected chi connectivity index (χ4v) is 1.66. The molecule has 1 fully saturated rings. The molecule has 0 unspecified atom stereocenters. The number of anilines is 1. The molecule has 0 saturated heterocycles. The normalized spacial score (nSPS) is 16.2. The van der Waals surface area contributed by atoms with E-state index in [1.54, 1.807) is 0 Å². The fraction of sp³-hybridized carbons (Fsp3) is 0.417. The Balaban J connectivity index is 0.00000128. The lowest BCUT2D eigenvalue weighted by Gasteiger charge is -2.11. The van der Waals surface area contributed by atoms with E-state index in [1.807, 2.05) is 26.0 Å². The molecule has 0 bridgehead atoms. The molecule has 1 aromatic carbocycles. The summed E-state index contributed by atoms with van der Waals surface area (Å²) >= 11 is 0. The number of benzene rings is 1. The topological polar surface area (TPSA) is 55.1 Å². The molecule has 0 atom stereocenters. The van der Waals surface area contributed by atoms with Crippen LogP contribution in [0.2, 0.25) is 0 Å². The summed E-state index contributed by atoms with van der Waals surface area (Å²) < 4.78 is 0. The number of nitrogens with one attached hydrogen (secondary N) is 1. The maximum Gasteiger partial charge on any atom is 0.244 e. The van der Waals surface area contributed by atoms with Crippen LogP contribution in [0.25, 0.3) is 0 Å². The summed E-state index contributed by atoms with van der Waals surface area (Å²) in [5, 5.41) is 2.86. The molecule has 0 radical (unpaired) electrons. The zero-order chi connectivity index (χ0) is 11.1. The average molecular weight is 241 g/mol. The summed E-state index contributed by atoms with van der Waals surface area (Å²) in [7, 11) is 0. The van der Waals surface area contributed by atoms with Gasteiger partial charge in [-0.2, -0.15) is 0 Å². The van der Waals surface area contributed by atoms with E-state index in [1.165, 1.54) is 0 Å². The second-order valence-corrected chi connectivity index (χ2v) is 4.49. The van der Waals surface area contributed by atoms with Crippen LogP contribution in [0.1, 0.15) is 24.0 Å². The predicted octanol–water partition coefficient (Wildman–Crippen LogP) is 2.16. The van der Waals surface area contributed by atoms with Crippen molar-refractivity contribution < 1.29 is 4.79 Å². The maximum absolute atomic E-state index is 11.7. The lowest BCUT2D eigenvalue weighted by molar-refractivity contribution is -0.118. The highest BCUT2D eigenvalue weighted by atomic mass is 35.5. The fourth-order valence-electron chi connectivity index (χ4n) is 1.66. The van der Waals surface area contributed by atoms with Gasteiger partial charge in [0.15, 0.2) is 0 Å². The molecule has 3 nitrogen and oxygen atoms in total. The van der Waals surface area contributed by atoms with Gasteiger partial charge in [0.25, 0.3) is 0 Å². The van der Waals surface area contributed by atoms with Gasteiger partial charge >= 0.3 is 0 Å². The summed E-state index contributed by atoms with van der Waals surface area (Å²) in [5.41, 5.74) is 8.34. The van der Waals surface area contributed by atoms with Crippen LogP contribution in [0.4, 0.5) is 5.69 Å². The number of nitrogens with two attached hydrogens (primary N) is 1. The van der Waals surface area contributed by atoms with Crippen LogP contribution < -0.4 is 11.1 Å². The first-order valence-corrected chi connectivity index (χ1v) is 5.18. The van der Waals surface area contributed by atoms with E-state index in [9.17, 15) is 4.79 Å². The van der Waals surface area contributed by atoms with Crippen molar-refractivity contribution in [3.63, 3.8) is 0 Å². The predicted molar refractivity (Wildman–Crippen MR) is 67.9 cm³/mol. The Kier molecular flexibility index (Phi) is 3.61. The highest BCUT2D eigenvalue weighted by molar-refractivity contribution is 6.00. The first kappa shape index (κ1) is 13.0. The van der Waals surface area contributed by atoms with Crippen LogP contribution in [-0.2, 0) is 4.79 Å². The molecule has 1 aliphatic carbocycles. The number of hydrogen-bond donors (Lipinski definition) is 2. The minimum Gasteiger partial charge on any atom is -0.324 e. The molecule has 3 N–H and O–H groups in total. The van der Waals surface area contributed by atoms with Crippen LogP contribution in [0.15, 0.2) is 18.2 Å². The quantitative estimate of drug-likeness (QED) is 0.832. The van der Waals surface area contributed by atoms with Crippen LogP contribution in [0.3, 0.4) is 0 Å². The van der Waals surface area contributed by atoms with Gasteiger partial charge in [0.05, 0.1) is 5.54 Å². The smallest absolute Gasteiger partial charge is 0.244 e. The Bertz CT molecular complexity index is 393. The van der Waals surface area contributed by atoms with E-state index in [2.05, 4.69) is 11.4 Å². The minimum absolute atomic E-state index is 0. The Morgan fingerprint density at radius 2 is 1.75 bits per heavy atom. The zero-order valence-corrected chi connectivity index (χ0v) is 10.4. The highest BCUT2D eigenvalue weighted by Gasteiger charge is 2.45. The third-order valence-electron chi connectivity index (χ3n) is 2.72. The average Bonchev–Trinajstić information content (AvgIpc) is 2.83. The molecule has 2 rings (SSSR count). The summed E-state index contributed by atoms with van der Waals surface area (Å²) in [6.45, 7) is 4.02. The number of aryl methyl sites for hydroxylation is 2. The SMILES string of the molecule is Cc1cc(C)cc(NC(=O)C2(N)CC2)c1.Cl. The molecular weight excluding hydrogens is 224 g/mol. The Morgan fingerprint density at radius 3 is 2.19 bits per heavy atom. The molecule has 1 amide bonds. The standard InChI is InChI=1S/C12H16N2O.ClH/c1-8-5-9(2)7-10(6-8)14-11(15)12(13)3-4-12;/h5-7H,3-4,13H2,1-2H3,(H,14,15);1H. The third-order valence-corrected chi connectivity index (χ3v) is 2.72. The van der Waals surface area contributed by atoms with E-state index >= 15 is 0 Å². The van der Waals surface area contributed by atoms with Crippen molar-refractivity contribution in [1.82, 2.24) is 0 Å². The molecule has 88 valence electrons. The van der Waals surface area contributed by atoms with Crippen molar-refractivity contribution >= 4 is 24.0 Å². The summed E-state index contributed by atoms with van der Waals surface area (Å²) in [4.78, 5) is 11.7. The monoisotopic (exact) mass is 240 g/mol. The van der Waals surface area contributed by atoms with E-state index < -0.39 is 5.54 Å². The van der Waals surface area contributed by atoms with Crippen molar-refractivity contribution in [3.8, 4) is 0 Å². The molecule has 16 heavy (non-hydrogen) atoms. The molecule has 0 aliphatic heterocycles. The first-order chi connectivity index (χ1) is 6.99. The molecule has 1 saturated carbocycles. The largest absolute Gasteiger partial charge is 0.324 e. The lowest BCUT2D eigenvalue weighted by Crippen LogP contribution is -2.37. The molecule has 1 aromatic rings. The molecule has 0 aromatic heterocycles. The van der Waals surface area contributed by atoms with E-state index in [0.29, 0.717) is 0 Å². The summed E-state index contributed by atoms with van der Waals surface area (Å²) in [6.07, 6.45) is 1.59. The van der Waals surface area contributed by atoms with Gasteiger partial charge in [-0.25, -0.2) is 0 Å². The molecular formula is C12H17ClN2O. The third kappa shape index (κ3) is 2.74. The molecule has 4 heteroatoms. The van der Waals surface area contributed by atoms with Gasteiger partial charge in [-0.15, -0.1) is 12.4 Å². The van der Waals surface area contributed by atoms with Crippen molar-refractivity contribution in [1.29, 1.82) is 0 Å². The van der Waals surface area contributed by atoms with Gasteiger partial charge in [0.2, 0.25) is 5.91 Å². The van der Waals surface area contributed by atoms with Gasteiger partial charge in [0.1, 0.15) is 0 Å². The first-order valence-electron chi connectivity index (χ1n) is 5.18. The van der Waals surface area contributed by atoms with Crippen molar-refractivity contribution in [2.45, 2.75) is 32.2 Å². The van der Waals surface area contributed by atoms with Gasteiger partial charge < -0.3 is 11.1 Å². The lowest BCUT2D eigenvalue weighted by atomic mass is 10.1. The van der Waals surface area contributed by atoms with Crippen LogP contribution in [0, 0.1) is 13.8 Å². The van der Waals surface area contributed by atoms with Gasteiger partial charge in [-0.3, -0.25) is 4.79 Å². The Morgan fingerprint density at radius 1 is 1.25 bits per heavy atom. The number of carbonyl (C=O) groups excluding carboxylic acids is 1. The van der Waals surface area contributed by atoms with Gasteiger partial charge in [-0.05, 0) is 49.9 Å². The zero-order valence-electron chi connectivity index (χ0n) is 9.54. The second kappa shape index (κ2) is 4.44. The second-order valence-electron chi connectivity index (χ2n) is 4.49. The van der Waals surface area contributed by atoms with Crippen LogP contribution in [0.5, 0.6) is 0 Å². The number of amides is 1. The Labute approximate surface area is 102 Å². The molecule has 0 heterocycles. The van der Waals surface area contributed by atoms with Crippen molar-refractivity contribution in [2.75, 3.05) is 5.32 Å². The van der Waals surface area contributed by atoms with E-state index in [0.717, 1.165) is 29.7 Å². The number of rotatable bonds is 2. The van der Waals surface area contributed by atoms with Gasteiger partial charge in [-0.1, -0.05) is 6.07 Å². The Hall–Kier alpha value is -1.06. The van der Waals surface area contributed by atoms with Crippen molar-refractivity contribution in [2.24, 2.45) is 5.73 Å². The van der Waals surface area contributed by atoms with Crippen LogP contribution >= 0.6 is 12.4 Å². The minimum atomic E-state index is -0.600.